The number of carbonyl (C=O) groups excluding carboxylic acids is 2. The van der Waals surface area contributed by atoms with Crippen LogP contribution in [0.15, 0.2) is 6.07 Å². The highest BCUT2D eigenvalue weighted by atomic mass is 35.5. The molecule has 0 spiro atoms. The third kappa shape index (κ3) is 4.36. The molecule has 11 heteroatoms. The number of carbonyl (C=O) groups is 2. The number of halogens is 4. The molecule has 26 heavy (non-hydrogen) atoms. The number of hydrogen-bond acceptors (Lipinski definition) is 5. The van der Waals surface area contributed by atoms with Gasteiger partial charge >= 0.3 is 12.1 Å². The molecule has 0 bridgehead atoms. The second-order valence-corrected chi connectivity index (χ2v) is 6.99. The summed E-state index contributed by atoms with van der Waals surface area (Å²) in [6, 6.07) is 1.58. The van der Waals surface area contributed by atoms with Gasteiger partial charge in [0, 0.05) is 11.3 Å². The van der Waals surface area contributed by atoms with Crippen molar-refractivity contribution < 1.29 is 27.5 Å². The number of methoxy groups -OCH3 is 1. The highest BCUT2D eigenvalue weighted by Gasteiger charge is 2.38. The average Bonchev–Trinajstić information content (AvgIpc) is 3.05. The van der Waals surface area contributed by atoms with Crippen LogP contribution in [0.4, 0.5) is 18.2 Å². The molecular formula is C15H15ClF3N3O3S. The zero-order valence-corrected chi connectivity index (χ0v) is 15.6. The lowest BCUT2D eigenvalue weighted by atomic mass is 10.3. The van der Waals surface area contributed by atoms with Gasteiger partial charge in [-0.25, -0.2) is 4.79 Å². The minimum Gasteiger partial charge on any atom is -0.465 e. The van der Waals surface area contributed by atoms with E-state index < -0.39 is 28.8 Å². The number of nitrogens with one attached hydrogen (secondary N) is 1. The maximum atomic E-state index is 12.8. The van der Waals surface area contributed by atoms with Crippen molar-refractivity contribution in [2.45, 2.75) is 33.0 Å². The van der Waals surface area contributed by atoms with Gasteiger partial charge in [-0.3, -0.25) is 9.48 Å². The van der Waals surface area contributed by atoms with Crippen LogP contribution in [-0.2, 0) is 22.3 Å². The highest BCUT2D eigenvalue weighted by molar-refractivity contribution is 7.16. The molecule has 2 rings (SSSR count). The number of rotatable bonds is 5. The third-order valence-electron chi connectivity index (χ3n) is 3.47. The van der Waals surface area contributed by atoms with Gasteiger partial charge in [-0.1, -0.05) is 11.6 Å². The molecule has 0 aliphatic rings. The Labute approximate surface area is 155 Å². The molecule has 0 radical (unpaired) electrons. The van der Waals surface area contributed by atoms with Crippen LogP contribution < -0.4 is 5.32 Å². The van der Waals surface area contributed by atoms with E-state index in [-0.39, 0.29) is 24.2 Å². The largest absolute Gasteiger partial charge is 0.465 e. The molecule has 0 aliphatic heterocycles. The van der Waals surface area contributed by atoms with Gasteiger partial charge in [0.1, 0.15) is 5.00 Å². The van der Waals surface area contributed by atoms with Gasteiger partial charge < -0.3 is 10.1 Å². The monoisotopic (exact) mass is 409 g/mol. The molecule has 0 fully saturated rings. The minimum absolute atomic E-state index is 0.0919. The standard InChI is InChI=1S/C15H15ClF3N3O3S/c1-7-6-9(14(24)25-3)13(26-7)20-10(23)4-5-22-8(2)11(16)12(21-22)15(17,18)19/h6H,4-5H2,1-3H3,(H,20,23). The molecule has 2 aromatic heterocycles. The summed E-state index contributed by atoms with van der Waals surface area (Å²) in [5.41, 5.74) is -0.839. The van der Waals surface area contributed by atoms with E-state index >= 15 is 0 Å². The Morgan fingerprint density at radius 3 is 2.58 bits per heavy atom. The summed E-state index contributed by atoms with van der Waals surface area (Å²) in [6.07, 6.45) is -4.81. The fourth-order valence-corrected chi connectivity index (χ4v) is 3.35. The predicted octanol–water partition coefficient (Wildman–Crippen LogP) is 4.05. The number of aromatic nitrogens is 2. The summed E-state index contributed by atoms with van der Waals surface area (Å²) in [4.78, 5) is 24.6. The van der Waals surface area contributed by atoms with Crippen LogP contribution in [0.25, 0.3) is 0 Å². The molecule has 0 saturated carbocycles. The first kappa shape index (κ1) is 20.2. The van der Waals surface area contributed by atoms with Gasteiger partial charge in [-0.2, -0.15) is 18.3 Å². The van der Waals surface area contributed by atoms with Crippen molar-refractivity contribution >= 4 is 39.8 Å². The van der Waals surface area contributed by atoms with Crippen molar-refractivity contribution in [3.63, 3.8) is 0 Å². The quantitative estimate of drug-likeness (QED) is 0.756. The van der Waals surface area contributed by atoms with Crippen LogP contribution in [-0.4, -0.2) is 28.8 Å². The fourth-order valence-electron chi connectivity index (χ4n) is 2.19. The number of alkyl halides is 3. The van der Waals surface area contributed by atoms with E-state index in [9.17, 15) is 22.8 Å². The zero-order valence-electron chi connectivity index (χ0n) is 14.0. The Hall–Kier alpha value is -2.07. The lowest BCUT2D eigenvalue weighted by Gasteiger charge is -2.07. The number of thiophene rings is 1. The number of esters is 1. The smallest absolute Gasteiger partial charge is 0.436 e. The summed E-state index contributed by atoms with van der Waals surface area (Å²) in [5, 5.41) is 5.84. The van der Waals surface area contributed by atoms with E-state index in [2.05, 4.69) is 15.2 Å². The molecule has 0 unspecified atom stereocenters. The Balaban J connectivity index is 2.08. The van der Waals surface area contributed by atoms with E-state index in [1.807, 2.05) is 0 Å². The number of aryl methyl sites for hydroxylation is 2. The average molecular weight is 410 g/mol. The highest BCUT2D eigenvalue weighted by Crippen LogP contribution is 2.35. The van der Waals surface area contributed by atoms with Crippen molar-refractivity contribution in [2.24, 2.45) is 0 Å². The number of nitrogens with zero attached hydrogens (tertiary/aromatic N) is 2. The van der Waals surface area contributed by atoms with Gasteiger partial charge in [-0.05, 0) is 19.9 Å². The van der Waals surface area contributed by atoms with Crippen LogP contribution in [0.2, 0.25) is 5.02 Å². The van der Waals surface area contributed by atoms with Crippen LogP contribution in [0, 0.1) is 13.8 Å². The van der Waals surface area contributed by atoms with Crippen molar-refractivity contribution in [3.05, 3.63) is 32.9 Å². The molecule has 6 nitrogen and oxygen atoms in total. The fraction of sp³-hybridized carbons (Fsp3) is 0.400. The maximum absolute atomic E-state index is 12.8. The van der Waals surface area contributed by atoms with E-state index in [1.165, 1.54) is 25.4 Å². The lowest BCUT2D eigenvalue weighted by Crippen LogP contribution is -2.17. The van der Waals surface area contributed by atoms with Crippen LogP contribution in [0.3, 0.4) is 0 Å². The third-order valence-corrected chi connectivity index (χ3v) is 4.88. The predicted molar refractivity (Wildman–Crippen MR) is 90.6 cm³/mol. The van der Waals surface area contributed by atoms with Gasteiger partial charge in [0.05, 0.1) is 29.9 Å². The topological polar surface area (TPSA) is 73.2 Å². The first-order valence-corrected chi connectivity index (χ1v) is 8.52. The van der Waals surface area contributed by atoms with E-state index in [1.54, 1.807) is 13.0 Å². The zero-order chi connectivity index (χ0) is 19.6. The van der Waals surface area contributed by atoms with Gasteiger partial charge in [0.2, 0.25) is 5.91 Å². The summed E-state index contributed by atoms with van der Waals surface area (Å²) in [6.45, 7) is 3.06. The lowest BCUT2D eigenvalue weighted by molar-refractivity contribution is -0.141. The van der Waals surface area contributed by atoms with E-state index in [0.717, 1.165) is 9.56 Å². The molecule has 142 valence electrons. The van der Waals surface area contributed by atoms with Gasteiger partial charge in [0.15, 0.2) is 5.69 Å². The van der Waals surface area contributed by atoms with Crippen LogP contribution in [0.1, 0.15) is 33.0 Å². The second kappa shape index (κ2) is 7.67. The summed E-state index contributed by atoms with van der Waals surface area (Å²) < 4.78 is 44.1. The Morgan fingerprint density at radius 2 is 2.04 bits per heavy atom. The number of ether oxygens (including phenoxy) is 1. The second-order valence-electron chi connectivity index (χ2n) is 5.36. The Morgan fingerprint density at radius 1 is 1.38 bits per heavy atom. The minimum atomic E-state index is -4.67. The molecule has 0 aromatic carbocycles. The van der Waals surface area contributed by atoms with E-state index in [0.29, 0.717) is 5.00 Å². The molecule has 0 saturated heterocycles. The van der Waals surface area contributed by atoms with Crippen molar-refractivity contribution in [1.82, 2.24) is 9.78 Å². The number of amides is 1. The SMILES string of the molecule is COC(=O)c1cc(C)sc1NC(=O)CCn1nc(C(F)(F)F)c(Cl)c1C. The summed E-state index contributed by atoms with van der Waals surface area (Å²) in [5.74, 6) is -1.06. The molecular weight excluding hydrogens is 395 g/mol. The molecule has 2 heterocycles. The molecule has 0 aliphatic carbocycles. The van der Waals surface area contributed by atoms with Crippen molar-refractivity contribution in [1.29, 1.82) is 0 Å². The van der Waals surface area contributed by atoms with Gasteiger partial charge in [-0.15, -0.1) is 11.3 Å². The van der Waals surface area contributed by atoms with Crippen LogP contribution >= 0.6 is 22.9 Å². The molecule has 1 amide bonds. The maximum Gasteiger partial charge on any atom is 0.436 e. The molecule has 0 atom stereocenters. The Bertz CT molecular complexity index is 845. The first-order valence-electron chi connectivity index (χ1n) is 7.33. The van der Waals surface area contributed by atoms with Crippen molar-refractivity contribution in [3.8, 4) is 0 Å². The summed E-state index contributed by atoms with van der Waals surface area (Å²) in [7, 11) is 1.23. The first-order chi connectivity index (χ1) is 12.0. The molecule has 2 aromatic rings. The van der Waals surface area contributed by atoms with Crippen molar-refractivity contribution in [2.75, 3.05) is 12.4 Å². The number of hydrogen-bond donors (Lipinski definition) is 1. The van der Waals surface area contributed by atoms with Crippen LogP contribution in [0.5, 0.6) is 0 Å². The van der Waals surface area contributed by atoms with Gasteiger partial charge in [0.25, 0.3) is 0 Å². The van der Waals surface area contributed by atoms with E-state index in [4.69, 9.17) is 11.6 Å². The Kier molecular flexibility index (Phi) is 5.97. The number of anilines is 1. The summed E-state index contributed by atoms with van der Waals surface area (Å²) >= 11 is 6.86. The normalized spacial score (nSPS) is 11.5. The molecule has 1 N–H and O–H groups in total.